The zero-order valence-electron chi connectivity index (χ0n) is 19.9. The number of fused-ring (bicyclic) bond motifs is 3. The maximum atomic E-state index is 13.2. The second kappa shape index (κ2) is 10.4. The lowest BCUT2D eigenvalue weighted by Crippen LogP contribution is -2.48. The van der Waals surface area contributed by atoms with Crippen molar-refractivity contribution in [3.8, 4) is 5.75 Å². The molecule has 2 aromatic carbocycles. The van der Waals surface area contributed by atoms with Crippen molar-refractivity contribution in [2.75, 3.05) is 11.3 Å². The number of rotatable bonds is 7. The molecule has 2 aliphatic heterocycles. The fourth-order valence-electron chi connectivity index (χ4n) is 5.52. The van der Waals surface area contributed by atoms with Gasteiger partial charge in [-0.15, -0.1) is 0 Å². The van der Waals surface area contributed by atoms with Crippen LogP contribution in [0.4, 0.5) is 10.1 Å². The molecule has 0 radical (unpaired) electrons. The largest absolute Gasteiger partial charge is 0.487 e. The first-order valence-electron chi connectivity index (χ1n) is 12.5. The number of anilines is 1. The third kappa shape index (κ3) is 5.35. The average Bonchev–Trinajstić information content (AvgIpc) is 3.22. The third-order valence-electron chi connectivity index (χ3n) is 7.26. The van der Waals surface area contributed by atoms with Crippen molar-refractivity contribution in [2.24, 2.45) is 0 Å². The predicted octanol–water partition coefficient (Wildman–Crippen LogP) is 3.46. The molecule has 36 heavy (non-hydrogen) atoms. The summed E-state index contributed by atoms with van der Waals surface area (Å²) in [4.78, 5) is 12.6. The Morgan fingerprint density at radius 3 is 2.56 bits per heavy atom. The van der Waals surface area contributed by atoms with Crippen LogP contribution in [-0.4, -0.2) is 50.4 Å². The summed E-state index contributed by atoms with van der Waals surface area (Å²) in [6.07, 6.45) is 4.77. The van der Waals surface area contributed by atoms with E-state index < -0.39 is 28.0 Å². The lowest BCUT2D eigenvalue weighted by Gasteiger charge is -2.37. The van der Waals surface area contributed by atoms with Gasteiger partial charge in [0.2, 0.25) is 5.91 Å². The quantitative estimate of drug-likeness (QED) is 0.517. The molecule has 0 aromatic heterocycles. The Balaban J connectivity index is 1.30. The second-order valence-corrected chi connectivity index (χ2v) is 11.5. The molecule has 3 aliphatic rings. The Kier molecular flexibility index (Phi) is 7.18. The highest BCUT2D eigenvalue weighted by Crippen LogP contribution is 2.47. The Bertz CT molecular complexity index is 1200. The maximum absolute atomic E-state index is 13.2. The lowest BCUT2D eigenvalue weighted by atomic mass is 9.84. The molecule has 2 aromatic rings. The van der Waals surface area contributed by atoms with Crippen molar-refractivity contribution < 1.29 is 32.2 Å². The Labute approximate surface area is 210 Å². The molecule has 8 nitrogen and oxygen atoms in total. The monoisotopic (exact) mass is 518 g/mol. The van der Waals surface area contributed by atoms with E-state index >= 15 is 0 Å². The molecule has 10 heteroatoms. The molecule has 1 amide bonds. The van der Waals surface area contributed by atoms with Crippen LogP contribution in [0.2, 0.25) is 0 Å². The van der Waals surface area contributed by atoms with Crippen molar-refractivity contribution in [3.05, 3.63) is 53.8 Å². The number of halogens is 1. The molecule has 5 rings (SSSR count). The summed E-state index contributed by atoms with van der Waals surface area (Å²) < 4.78 is 53.4. The smallest absolute Gasteiger partial charge is 0.261 e. The predicted molar refractivity (Wildman–Crippen MR) is 131 cm³/mol. The van der Waals surface area contributed by atoms with Gasteiger partial charge in [-0.3, -0.25) is 9.52 Å². The van der Waals surface area contributed by atoms with E-state index in [0.29, 0.717) is 17.9 Å². The summed E-state index contributed by atoms with van der Waals surface area (Å²) in [7, 11) is -3.91. The van der Waals surface area contributed by atoms with Crippen molar-refractivity contribution >= 4 is 21.6 Å². The number of hydrogen-bond acceptors (Lipinski definition) is 6. The van der Waals surface area contributed by atoms with Gasteiger partial charge in [0.05, 0.1) is 24.0 Å². The third-order valence-corrected chi connectivity index (χ3v) is 8.66. The van der Waals surface area contributed by atoms with Gasteiger partial charge in [-0.05, 0) is 61.7 Å². The second-order valence-electron chi connectivity index (χ2n) is 9.82. The molecule has 1 aliphatic carbocycles. The summed E-state index contributed by atoms with van der Waals surface area (Å²) in [5.74, 6) is -0.130. The number of sulfonamides is 1. The number of carbonyl (C=O) groups is 1. The van der Waals surface area contributed by atoms with Crippen LogP contribution >= 0.6 is 0 Å². The average molecular weight is 519 g/mol. The molecule has 0 bridgehead atoms. The number of amides is 1. The number of hydrogen-bond donors (Lipinski definition) is 3. The standard InChI is InChI=1S/C26H31FN2O6S/c27-16-6-9-20(10-7-16)36(32,33)29-18-8-11-23-21(12-18)22-13-19(34-24(15-30)26(22)35-23)14-25(31)28-17-4-2-1-3-5-17/h6-12,17,19,22,24,26,29-30H,1-5,13-15H2,(H,28,31)/t19-,22-,24+,26+/m0/s1. The Morgan fingerprint density at radius 1 is 1.08 bits per heavy atom. The molecule has 0 unspecified atom stereocenters. The van der Waals surface area contributed by atoms with E-state index in [1.54, 1.807) is 18.2 Å². The first-order chi connectivity index (χ1) is 17.3. The minimum Gasteiger partial charge on any atom is -0.487 e. The fraction of sp³-hybridized carbons (Fsp3) is 0.500. The fourth-order valence-corrected chi connectivity index (χ4v) is 6.57. The molecule has 2 heterocycles. The molecule has 1 saturated heterocycles. The van der Waals surface area contributed by atoms with E-state index in [1.165, 1.54) is 18.6 Å². The van der Waals surface area contributed by atoms with E-state index in [2.05, 4.69) is 10.0 Å². The van der Waals surface area contributed by atoms with Gasteiger partial charge in [0, 0.05) is 23.2 Å². The number of ether oxygens (including phenoxy) is 2. The first-order valence-corrected chi connectivity index (χ1v) is 14.0. The van der Waals surface area contributed by atoms with Gasteiger partial charge >= 0.3 is 0 Å². The van der Waals surface area contributed by atoms with E-state index in [1.807, 2.05) is 0 Å². The van der Waals surface area contributed by atoms with Crippen LogP contribution < -0.4 is 14.8 Å². The van der Waals surface area contributed by atoms with Crippen LogP contribution in [0, 0.1) is 5.82 Å². The summed E-state index contributed by atoms with van der Waals surface area (Å²) in [5.41, 5.74) is 1.15. The highest BCUT2D eigenvalue weighted by Gasteiger charge is 2.46. The van der Waals surface area contributed by atoms with Crippen molar-refractivity contribution in [1.82, 2.24) is 5.32 Å². The maximum Gasteiger partial charge on any atom is 0.261 e. The van der Waals surface area contributed by atoms with Gasteiger partial charge in [0.25, 0.3) is 10.0 Å². The topological polar surface area (TPSA) is 114 Å². The van der Waals surface area contributed by atoms with Crippen LogP contribution in [0.5, 0.6) is 5.75 Å². The van der Waals surface area contributed by atoms with Crippen LogP contribution in [0.15, 0.2) is 47.4 Å². The minimum atomic E-state index is -3.91. The van der Waals surface area contributed by atoms with Gasteiger partial charge < -0.3 is 19.9 Å². The number of carbonyl (C=O) groups excluding carboxylic acids is 1. The lowest BCUT2D eigenvalue weighted by molar-refractivity contribution is -0.142. The van der Waals surface area contributed by atoms with Gasteiger partial charge in [0.1, 0.15) is 23.8 Å². The molecular formula is C26H31FN2O6S. The molecule has 2 fully saturated rings. The SMILES string of the molecule is O=C(C[C@@H]1C[C@H]2c3cc(NS(=O)(=O)c4ccc(F)cc4)ccc3O[C@H]2[C@@H](CO)O1)NC1CCCCC1. The van der Waals surface area contributed by atoms with Gasteiger partial charge in [-0.1, -0.05) is 19.3 Å². The van der Waals surface area contributed by atoms with Crippen LogP contribution in [0.25, 0.3) is 0 Å². The summed E-state index contributed by atoms with van der Waals surface area (Å²) in [5, 5.41) is 13.1. The van der Waals surface area contributed by atoms with Crippen molar-refractivity contribution in [1.29, 1.82) is 0 Å². The zero-order valence-corrected chi connectivity index (χ0v) is 20.7. The number of nitrogens with one attached hydrogen (secondary N) is 2. The van der Waals surface area contributed by atoms with Crippen molar-refractivity contribution in [2.45, 2.75) is 80.1 Å². The van der Waals surface area contributed by atoms with Crippen molar-refractivity contribution in [3.63, 3.8) is 0 Å². The van der Waals surface area contributed by atoms with E-state index in [4.69, 9.17) is 9.47 Å². The van der Waals surface area contributed by atoms with Crippen LogP contribution in [0.3, 0.4) is 0 Å². The molecule has 194 valence electrons. The van der Waals surface area contributed by atoms with E-state index in [0.717, 1.165) is 43.4 Å². The van der Waals surface area contributed by atoms with Crippen LogP contribution in [0.1, 0.15) is 56.4 Å². The molecule has 4 atom stereocenters. The first kappa shape index (κ1) is 25.0. The summed E-state index contributed by atoms with van der Waals surface area (Å²) in [6.45, 7) is -0.250. The number of benzene rings is 2. The normalized spacial score (nSPS) is 25.9. The van der Waals surface area contributed by atoms with Crippen LogP contribution in [-0.2, 0) is 19.6 Å². The summed E-state index contributed by atoms with van der Waals surface area (Å²) >= 11 is 0. The molecule has 0 spiro atoms. The minimum absolute atomic E-state index is 0.0472. The molecule has 1 saturated carbocycles. The van der Waals surface area contributed by atoms with Gasteiger partial charge in [0.15, 0.2) is 0 Å². The Hall–Kier alpha value is -2.69. The highest BCUT2D eigenvalue weighted by atomic mass is 32.2. The molecular weight excluding hydrogens is 487 g/mol. The zero-order chi connectivity index (χ0) is 25.3. The van der Waals surface area contributed by atoms with Gasteiger partial charge in [-0.2, -0.15) is 0 Å². The highest BCUT2D eigenvalue weighted by molar-refractivity contribution is 7.92. The van der Waals surface area contributed by atoms with E-state index in [-0.39, 0.29) is 41.9 Å². The Morgan fingerprint density at radius 2 is 1.83 bits per heavy atom. The number of aliphatic hydroxyl groups is 1. The summed E-state index contributed by atoms with van der Waals surface area (Å²) in [6, 6.07) is 9.82. The molecule has 3 N–H and O–H groups in total. The number of aliphatic hydroxyl groups excluding tert-OH is 1. The van der Waals surface area contributed by atoms with E-state index in [9.17, 15) is 22.7 Å². The van der Waals surface area contributed by atoms with Gasteiger partial charge in [-0.25, -0.2) is 12.8 Å².